The number of nitrogens with two attached hydrogens (primary N) is 1. The Morgan fingerprint density at radius 1 is 0.370 bits per heavy atom. The second-order valence-corrected chi connectivity index (χ2v) is 13.7. The maximum absolute atomic E-state index is 6.79. The first-order valence-corrected chi connectivity index (χ1v) is 18.3. The van der Waals surface area contributed by atoms with Gasteiger partial charge in [0.05, 0.1) is 33.5 Å². The summed E-state index contributed by atoms with van der Waals surface area (Å²) < 4.78 is 4.73. The molecule has 3 N–H and O–H groups in total. The molecule has 0 bridgehead atoms. The Kier molecular flexibility index (Phi) is 7.59. The average molecular weight is 693 g/mol. The van der Waals surface area contributed by atoms with Crippen molar-refractivity contribution in [3.63, 3.8) is 0 Å². The van der Waals surface area contributed by atoms with Crippen LogP contribution >= 0.6 is 0 Å². The van der Waals surface area contributed by atoms with Crippen LogP contribution < -0.4 is 11.1 Å². The first-order valence-electron chi connectivity index (χ1n) is 18.3. The van der Waals surface area contributed by atoms with Crippen molar-refractivity contribution in [2.45, 2.75) is 0 Å². The number of para-hydroxylation sites is 3. The lowest BCUT2D eigenvalue weighted by Gasteiger charge is -2.16. The standard InChI is InChI=1S/C50H36N4/c51-49(34-14-4-1-5-15-34)50(35-16-6-2-7-17-35)52-38-26-28-40(29-27-38)54-46-23-13-11-21-42(46)44-33-37(25-31-48(44)54)36-24-30-47-43(32-36)41-20-10-12-22-45(41)53(47)39-18-8-3-9-19-39/h1-33,52H,51H2/b50-49-. The Balaban J connectivity index is 1.04. The van der Waals surface area contributed by atoms with E-state index < -0.39 is 0 Å². The van der Waals surface area contributed by atoms with E-state index in [1.807, 2.05) is 48.5 Å². The lowest BCUT2D eigenvalue weighted by molar-refractivity contribution is 1.18. The van der Waals surface area contributed by atoms with Gasteiger partial charge in [-0.3, -0.25) is 0 Å². The van der Waals surface area contributed by atoms with Gasteiger partial charge in [-0.25, -0.2) is 0 Å². The molecule has 0 amide bonds. The van der Waals surface area contributed by atoms with Gasteiger partial charge in [-0.1, -0.05) is 127 Å². The highest BCUT2D eigenvalue weighted by Gasteiger charge is 2.16. The Hall–Kier alpha value is -7.30. The number of aromatic nitrogens is 2. The highest BCUT2D eigenvalue weighted by atomic mass is 15.0. The van der Waals surface area contributed by atoms with Gasteiger partial charge < -0.3 is 20.2 Å². The summed E-state index contributed by atoms with van der Waals surface area (Å²) in [5.74, 6) is 0. The van der Waals surface area contributed by atoms with Crippen LogP contribution in [0.25, 0.3) is 77.5 Å². The van der Waals surface area contributed by atoms with Crippen molar-refractivity contribution in [3.05, 3.63) is 211 Å². The fourth-order valence-corrected chi connectivity index (χ4v) is 7.94. The second kappa shape index (κ2) is 13.0. The molecule has 0 saturated carbocycles. The maximum atomic E-state index is 6.79. The Morgan fingerprint density at radius 3 is 1.33 bits per heavy atom. The van der Waals surface area contributed by atoms with E-state index >= 15 is 0 Å². The summed E-state index contributed by atoms with van der Waals surface area (Å²) >= 11 is 0. The molecule has 54 heavy (non-hydrogen) atoms. The average Bonchev–Trinajstić information content (AvgIpc) is 3.76. The number of fused-ring (bicyclic) bond motifs is 6. The summed E-state index contributed by atoms with van der Waals surface area (Å²) in [5, 5.41) is 8.60. The molecule has 4 nitrogen and oxygen atoms in total. The van der Waals surface area contributed by atoms with E-state index in [2.05, 4.69) is 166 Å². The van der Waals surface area contributed by atoms with Crippen molar-refractivity contribution < 1.29 is 0 Å². The maximum Gasteiger partial charge on any atom is 0.0697 e. The van der Waals surface area contributed by atoms with E-state index in [-0.39, 0.29) is 0 Å². The van der Waals surface area contributed by atoms with E-state index in [1.54, 1.807) is 0 Å². The molecular weight excluding hydrogens is 657 g/mol. The van der Waals surface area contributed by atoms with Crippen LogP contribution in [0, 0.1) is 0 Å². The van der Waals surface area contributed by atoms with Crippen LogP contribution in [0.2, 0.25) is 0 Å². The molecule has 8 aromatic carbocycles. The van der Waals surface area contributed by atoms with Gasteiger partial charge >= 0.3 is 0 Å². The highest BCUT2D eigenvalue weighted by molar-refractivity contribution is 6.12. The zero-order chi connectivity index (χ0) is 36.0. The molecule has 10 aromatic rings. The molecule has 0 spiro atoms. The Bertz CT molecular complexity index is 2990. The zero-order valence-corrected chi connectivity index (χ0v) is 29.5. The number of nitrogens with one attached hydrogen (secondary N) is 1. The summed E-state index contributed by atoms with van der Waals surface area (Å²) in [7, 11) is 0. The molecule has 0 aliphatic carbocycles. The van der Waals surface area contributed by atoms with Crippen LogP contribution in [0.4, 0.5) is 5.69 Å². The fourth-order valence-electron chi connectivity index (χ4n) is 7.94. The van der Waals surface area contributed by atoms with Crippen LogP contribution in [0.3, 0.4) is 0 Å². The van der Waals surface area contributed by atoms with Crippen molar-refractivity contribution in [1.29, 1.82) is 0 Å². The number of nitrogens with zero attached hydrogens (tertiary/aromatic N) is 2. The summed E-state index contributed by atoms with van der Waals surface area (Å²) in [6.45, 7) is 0. The van der Waals surface area contributed by atoms with Crippen molar-refractivity contribution in [3.8, 4) is 22.5 Å². The van der Waals surface area contributed by atoms with Gasteiger partial charge in [-0.15, -0.1) is 0 Å². The molecule has 0 aliphatic heterocycles. The van der Waals surface area contributed by atoms with Crippen molar-refractivity contribution in [1.82, 2.24) is 9.13 Å². The van der Waals surface area contributed by atoms with Crippen LogP contribution in [0.1, 0.15) is 11.1 Å². The quantitative estimate of drug-likeness (QED) is 0.163. The number of anilines is 1. The van der Waals surface area contributed by atoms with Crippen LogP contribution in [0.5, 0.6) is 0 Å². The molecule has 2 aromatic heterocycles. The highest BCUT2D eigenvalue weighted by Crippen LogP contribution is 2.38. The minimum atomic E-state index is 0.699. The minimum absolute atomic E-state index is 0.699. The predicted octanol–water partition coefficient (Wildman–Crippen LogP) is 12.4. The molecule has 0 radical (unpaired) electrons. The van der Waals surface area contributed by atoms with Crippen LogP contribution in [-0.4, -0.2) is 9.13 Å². The van der Waals surface area contributed by atoms with E-state index in [1.165, 1.54) is 60.4 Å². The molecule has 2 heterocycles. The van der Waals surface area contributed by atoms with Gasteiger partial charge in [0.25, 0.3) is 0 Å². The summed E-state index contributed by atoms with van der Waals surface area (Å²) in [6.07, 6.45) is 0. The van der Waals surface area contributed by atoms with E-state index in [9.17, 15) is 0 Å². The third-order valence-corrected chi connectivity index (χ3v) is 10.5. The molecule has 4 heteroatoms. The lowest BCUT2D eigenvalue weighted by Crippen LogP contribution is -2.08. The van der Waals surface area contributed by atoms with E-state index in [0.717, 1.165) is 28.2 Å². The largest absolute Gasteiger partial charge is 0.397 e. The van der Waals surface area contributed by atoms with Crippen molar-refractivity contribution in [2.75, 3.05) is 5.32 Å². The lowest BCUT2D eigenvalue weighted by atomic mass is 10.0. The Morgan fingerprint density at radius 2 is 0.796 bits per heavy atom. The fraction of sp³-hybridized carbons (Fsp3) is 0. The third-order valence-electron chi connectivity index (χ3n) is 10.5. The van der Waals surface area contributed by atoms with E-state index in [0.29, 0.717) is 5.70 Å². The molecule has 256 valence electrons. The predicted molar refractivity (Wildman–Crippen MR) is 228 cm³/mol. The molecule has 0 unspecified atom stereocenters. The van der Waals surface area contributed by atoms with E-state index in [4.69, 9.17) is 5.73 Å². The van der Waals surface area contributed by atoms with Gasteiger partial charge in [0, 0.05) is 44.2 Å². The van der Waals surface area contributed by atoms with Gasteiger partial charge in [0.1, 0.15) is 0 Å². The molecule has 0 atom stereocenters. The first kappa shape index (κ1) is 31.4. The summed E-state index contributed by atoms with van der Waals surface area (Å²) in [6, 6.07) is 70.8. The normalized spacial score (nSPS) is 12.1. The minimum Gasteiger partial charge on any atom is -0.397 e. The van der Waals surface area contributed by atoms with Crippen LogP contribution in [-0.2, 0) is 0 Å². The third kappa shape index (κ3) is 5.32. The number of rotatable bonds is 7. The smallest absolute Gasteiger partial charge is 0.0697 e. The van der Waals surface area contributed by atoms with Gasteiger partial charge in [-0.2, -0.15) is 0 Å². The van der Waals surface area contributed by atoms with Gasteiger partial charge in [0.15, 0.2) is 0 Å². The molecule has 0 aliphatic rings. The molecule has 10 rings (SSSR count). The number of hydrogen-bond acceptors (Lipinski definition) is 2. The van der Waals surface area contributed by atoms with Crippen molar-refractivity contribution >= 4 is 60.7 Å². The summed E-state index contributed by atoms with van der Waals surface area (Å²) in [4.78, 5) is 0. The van der Waals surface area contributed by atoms with Gasteiger partial charge in [0.2, 0.25) is 0 Å². The van der Waals surface area contributed by atoms with Gasteiger partial charge in [-0.05, 0) is 89.5 Å². The number of hydrogen-bond donors (Lipinski definition) is 2. The first-order chi connectivity index (χ1) is 26.7. The SMILES string of the molecule is N/C(=C(\Nc1ccc(-n2c3ccccc3c3cc(-c4ccc5c(c4)c4ccccc4n5-c4ccccc4)ccc32)cc1)c1ccccc1)c1ccccc1. The number of benzene rings is 8. The zero-order valence-electron chi connectivity index (χ0n) is 29.5. The monoisotopic (exact) mass is 692 g/mol. The molecule has 0 fully saturated rings. The topological polar surface area (TPSA) is 47.9 Å². The van der Waals surface area contributed by atoms with Crippen molar-refractivity contribution in [2.24, 2.45) is 5.73 Å². The summed E-state index contributed by atoms with van der Waals surface area (Å²) in [5.41, 5.74) is 20.7. The van der Waals surface area contributed by atoms with Crippen LogP contribution in [0.15, 0.2) is 200 Å². The molecular formula is C50H36N4. The Labute approximate surface area is 313 Å². The second-order valence-electron chi connectivity index (χ2n) is 13.7. The molecule has 0 saturated heterocycles.